The van der Waals surface area contributed by atoms with Crippen LogP contribution in [0.5, 0.6) is 5.75 Å². The molecular weight excluding hydrogens is 426 g/mol. The highest BCUT2D eigenvalue weighted by Gasteiger charge is 2.41. The first-order valence-electron chi connectivity index (χ1n) is 9.28. The predicted octanol–water partition coefficient (Wildman–Crippen LogP) is 3.54. The second kappa shape index (κ2) is 9.52. The van der Waals surface area contributed by atoms with Crippen LogP contribution in [0.1, 0.15) is 35.7 Å². The minimum absolute atomic E-state index is 0.0528. The van der Waals surface area contributed by atoms with Crippen molar-refractivity contribution >= 4 is 40.9 Å². The maximum atomic E-state index is 12.6. The highest BCUT2D eigenvalue weighted by atomic mass is 32.2. The molecule has 10 heteroatoms. The van der Waals surface area contributed by atoms with Crippen molar-refractivity contribution in [3.8, 4) is 5.75 Å². The minimum Gasteiger partial charge on any atom is -0.486 e. The number of carboxylic acids is 1. The summed E-state index contributed by atoms with van der Waals surface area (Å²) in [7, 11) is 0. The van der Waals surface area contributed by atoms with Crippen LogP contribution in [0.2, 0.25) is 0 Å². The van der Waals surface area contributed by atoms with Crippen molar-refractivity contribution in [2.75, 3.05) is 6.61 Å². The first-order valence-corrected chi connectivity index (χ1v) is 10.1. The molecule has 2 aromatic rings. The average molecular weight is 445 g/mol. The number of amides is 2. The van der Waals surface area contributed by atoms with Crippen molar-refractivity contribution < 1.29 is 38.2 Å². The zero-order valence-electron chi connectivity index (χ0n) is 16.7. The fourth-order valence-corrected chi connectivity index (χ4v) is 3.63. The number of carbonyl (C=O) groups is 4. The Morgan fingerprint density at radius 2 is 1.90 bits per heavy atom. The zero-order chi connectivity index (χ0) is 22.5. The quantitative estimate of drug-likeness (QED) is 0.480. The molecule has 3 rings (SSSR count). The number of benzene rings is 1. The predicted molar refractivity (Wildman–Crippen MR) is 110 cm³/mol. The SMILES string of the molecule is CCOC(=O)[C@@H](C)N1C(=O)S/C(=C/c2ccc(OCc3ccc(C(=O)O)o3)cc2)C1=O. The molecule has 31 heavy (non-hydrogen) atoms. The van der Waals surface area contributed by atoms with Crippen LogP contribution in [-0.2, 0) is 20.9 Å². The molecule has 0 radical (unpaired) electrons. The molecule has 0 aliphatic carbocycles. The van der Waals surface area contributed by atoms with Crippen LogP contribution in [0.3, 0.4) is 0 Å². The van der Waals surface area contributed by atoms with Gasteiger partial charge >= 0.3 is 11.9 Å². The minimum atomic E-state index is -1.16. The first kappa shape index (κ1) is 22.2. The van der Waals surface area contributed by atoms with Gasteiger partial charge in [0.25, 0.3) is 11.1 Å². The highest BCUT2D eigenvalue weighted by molar-refractivity contribution is 8.18. The molecule has 1 fully saturated rings. The molecule has 1 atom stereocenters. The summed E-state index contributed by atoms with van der Waals surface area (Å²) >= 11 is 0.756. The van der Waals surface area contributed by atoms with Crippen LogP contribution in [0, 0.1) is 0 Å². The molecule has 162 valence electrons. The molecule has 0 saturated carbocycles. The van der Waals surface area contributed by atoms with Crippen molar-refractivity contribution in [3.63, 3.8) is 0 Å². The third-order valence-corrected chi connectivity index (χ3v) is 5.15. The molecule has 1 N–H and O–H groups in total. The molecule has 0 bridgehead atoms. The van der Waals surface area contributed by atoms with E-state index in [9.17, 15) is 19.2 Å². The Morgan fingerprint density at radius 3 is 2.52 bits per heavy atom. The van der Waals surface area contributed by atoms with Gasteiger partial charge in [-0.1, -0.05) is 12.1 Å². The van der Waals surface area contributed by atoms with E-state index in [2.05, 4.69) is 0 Å². The van der Waals surface area contributed by atoms with Gasteiger partial charge in [0.05, 0.1) is 11.5 Å². The number of hydrogen-bond acceptors (Lipinski definition) is 8. The third kappa shape index (κ3) is 5.15. The molecule has 1 aromatic heterocycles. The van der Waals surface area contributed by atoms with Crippen LogP contribution in [-0.4, -0.2) is 45.7 Å². The second-order valence-corrected chi connectivity index (χ2v) is 7.40. The fraction of sp³-hybridized carbons (Fsp3) is 0.238. The van der Waals surface area contributed by atoms with Gasteiger partial charge in [-0.05, 0) is 61.5 Å². The summed E-state index contributed by atoms with van der Waals surface area (Å²) in [6, 6.07) is 8.59. The number of thioether (sulfide) groups is 1. The smallest absolute Gasteiger partial charge is 0.371 e. The molecular formula is C21H19NO8S. The number of hydrogen-bond donors (Lipinski definition) is 1. The normalized spacial score (nSPS) is 15.9. The summed E-state index contributed by atoms with van der Waals surface area (Å²) in [5.41, 5.74) is 0.660. The molecule has 1 aliphatic heterocycles. The number of aromatic carboxylic acids is 1. The Bertz CT molecular complexity index is 1040. The topological polar surface area (TPSA) is 123 Å². The maximum Gasteiger partial charge on any atom is 0.371 e. The molecule has 1 saturated heterocycles. The fourth-order valence-electron chi connectivity index (χ4n) is 2.72. The number of nitrogens with zero attached hydrogens (tertiary/aromatic N) is 1. The van der Waals surface area contributed by atoms with Crippen molar-refractivity contribution in [1.82, 2.24) is 4.90 Å². The van der Waals surface area contributed by atoms with E-state index in [0.29, 0.717) is 17.1 Å². The lowest BCUT2D eigenvalue weighted by atomic mass is 10.2. The van der Waals surface area contributed by atoms with Crippen LogP contribution in [0.25, 0.3) is 6.08 Å². The summed E-state index contributed by atoms with van der Waals surface area (Å²) in [5.74, 6) is -1.64. The van der Waals surface area contributed by atoms with Crippen LogP contribution < -0.4 is 4.74 Å². The molecule has 2 heterocycles. The summed E-state index contributed by atoms with van der Waals surface area (Å²) in [5, 5.41) is 8.32. The number of rotatable bonds is 8. The van der Waals surface area contributed by atoms with Crippen molar-refractivity contribution in [2.24, 2.45) is 0 Å². The van der Waals surface area contributed by atoms with E-state index in [-0.39, 0.29) is 23.9 Å². The van der Waals surface area contributed by atoms with Crippen LogP contribution >= 0.6 is 11.8 Å². The van der Waals surface area contributed by atoms with E-state index in [1.165, 1.54) is 19.1 Å². The van der Waals surface area contributed by atoms with Crippen LogP contribution in [0.4, 0.5) is 4.79 Å². The van der Waals surface area contributed by atoms with E-state index in [1.54, 1.807) is 37.3 Å². The van der Waals surface area contributed by atoms with Crippen LogP contribution in [0.15, 0.2) is 45.7 Å². The average Bonchev–Trinajstić information content (AvgIpc) is 3.32. The zero-order valence-corrected chi connectivity index (χ0v) is 17.5. The largest absolute Gasteiger partial charge is 0.486 e. The number of carboxylic acid groups (broad SMARTS) is 1. The van der Waals surface area contributed by atoms with Gasteiger partial charge in [0.15, 0.2) is 0 Å². The van der Waals surface area contributed by atoms with E-state index in [4.69, 9.17) is 19.0 Å². The molecule has 0 spiro atoms. The first-order chi connectivity index (χ1) is 14.8. The molecule has 1 aromatic carbocycles. The third-order valence-electron chi connectivity index (χ3n) is 4.27. The summed E-state index contributed by atoms with van der Waals surface area (Å²) in [6.07, 6.45) is 1.55. The summed E-state index contributed by atoms with van der Waals surface area (Å²) in [4.78, 5) is 48.6. The molecule has 0 unspecified atom stereocenters. The van der Waals surface area contributed by atoms with Gasteiger partial charge < -0.3 is 19.0 Å². The van der Waals surface area contributed by atoms with E-state index >= 15 is 0 Å². The van der Waals surface area contributed by atoms with E-state index in [1.807, 2.05) is 0 Å². The molecule has 1 aliphatic rings. The summed E-state index contributed by atoms with van der Waals surface area (Å²) in [6.45, 7) is 3.30. The van der Waals surface area contributed by atoms with Gasteiger partial charge in [0.1, 0.15) is 24.2 Å². The molecule has 9 nitrogen and oxygen atoms in total. The Balaban J connectivity index is 1.64. The maximum absolute atomic E-state index is 12.6. The van der Waals surface area contributed by atoms with Crippen molar-refractivity contribution in [3.05, 3.63) is 58.4 Å². The Kier molecular flexibility index (Phi) is 6.81. The van der Waals surface area contributed by atoms with Gasteiger partial charge in [-0.15, -0.1) is 0 Å². The number of esters is 1. The lowest BCUT2D eigenvalue weighted by Gasteiger charge is -2.19. The van der Waals surface area contributed by atoms with Gasteiger partial charge in [-0.2, -0.15) is 0 Å². The number of ether oxygens (including phenoxy) is 2. The monoisotopic (exact) mass is 445 g/mol. The summed E-state index contributed by atoms with van der Waals surface area (Å²) < 4.78 is 15.6. The van der Waals surface area contributed by atoms with E-state index < -0.39 is 29.1 Å². The highest BCUT2D eigenvalue weighted by Crippen LogP contribution is 2.34. The Morgan fingerprint density at radius 1 is 1.19 bits per heavy atom. The number of imide groups is 1. The van der Waals surface area contributed by atoms with Gasteiger partial charge in [-0.25, -0.2) is 9.59 Å². The lowest BCUT2D eigenvalue weighted by Crippen LogP contribution is -2.42. The number of furan rings is 1. The lowest BCUT2D eigenvalue weighted by molar-refractivity contribution is -0.150. The van der Waals surface area contributed by atoms with Gasteiger partial charge in [0.2, 0.25) is 5.76 Å². The van der Waals surface area contributed by atoms with Crippen molar-refractivity contribution in [2.45, 2.75) is 26.5 Å². The van der Waals surface area contributed by atoms with E-state index in [0.717, 1.165) is 16.7 Å². The van der Waals surface area contributed by atoms with Crippen molar-refractivity contribution in [1.29, 1.82) is 0 Å². The standard InChI is InChI=1S/C21H19NO8S/c1-3-28-20(26)12(2)22-18(23)17(31-21(22)27)10-13-4-6-14(7-5-13)29-11-15-8-9-16(30-15)19(24)25/h4-10,12H,3,11H2,1-2H3,(H,24,25)/b17-10+/t12-/m1/s1. The van der Waals surface area contributed by atoms with Gasteiger partial charge in [0, 0.05) is 0 Å². The molecule has 2 amide bonds. The number of carbonyl (C=O) groups excluding carboxylic acids is 3. The Labute approximate surface area is 181 Å². The second-order valence-electron chi connectivity index (χ2n) is 6.41. The van der Waals surface area contributed by atoms with Gasteiger partial charge in [-0.3, -0.25) is 14.5 Å². The Hall–Kier alpha value is -3.53.